The zero-order chi connectivity index (χ0) is 20.9. The highest BCUT2D eigenvalue weighted by Gasteiger charge is 2.11. The molecule has 0 saturated carbocycles. The summed E-state index contributed by atoms with van der Waals surface area (Å²) in [5.74, 6) is 1.22. The molecule has 0 N–H and O–H groups in total. The molecule has 1 atom stereocenters. The number of hydrogen-bond acceptors (Lipinski definition) is 2. The molecule has 0 aromatic rings. The lowest BCUT2D eigenvalue weighted by molar-refractivity contribution is -0.145. The maximum atomic E-state index is 11.9. The van der Waals surface area contributed by atoms with Crippen molar-refractivity contribution in [1.29, 1.82) is 0 Å². The van der Waals surface area contributed by atoms with Crippen molar-refractivity contribution in [3.8, 4) is 0 Å². The van der Waals surface area contributed by atoms with Gasteiger partial charge in [-0.25, -0.2) is 0 Å². The molecule has 0 spiro atoms. The summed E-state index contributed by atoms with van der Waals surface area (Å²) in [4.78, 5) is 11.9. The molecule has 0 aliphatic heterocycles. The fourth-order valence-electron chi connectivity index (χ4n) is 3.94. The SMILES string of the molecule is CCCCCCCCCCCCCCCCCC(=O)OC[C@@H](CC)CC(C)C. The molecule has 0 fully saturated rings. The van der Waals surface area contributed by atoms with Crippen molar-refractivity contribution >= 4 is 5.97 Å². The van der Waals surface area contributed by atoms with Crippen LogP contribution >= 0.6 is 0 Å². The second-order valence-corrected chi connectivity index (χ2v) is 9.29. The summed E-state index contributed by atoms with van der Waals surface area (Å²) in [6.07, 6.45) is 23.2. The fraction of sp³-hybridized carbons (Fsp3) is 0.962. The van der Waals surface area contributed by atoms with Gasteiger partial charge in [0, 0.05) is 6.42 Å². The van der Waals surface area contributed by atoms with Crippen LogP contribution in [0.4, 0.5) is 0 Å². The first-order valence-corrected chi connectivity index (χ1v) is 12.8. The van der Waals surface area contributed by atoms with Crippen LogP contribution in [0.1, 0.15) is 143 Å². The van der Waals surface area contributed by atoms with Crippen molar-refractivity contribution in [2.45, 2.75) is 143 Å². The smallest absolute Gasteiger partial charge is 0.305 e. The van der Waals surface area contributed by atoms with E-state index in [1.54, 1.807) is 0 Å². The van der Waals surface area contributed by atoms with Gasteiger partial charge in [0.2, 0.25) is 0 Å². The van der Waals surface area contributed by atoms with E-state index >= 15 is 0 Å². The average molecular weight is 397 g/mol. The van der Waals surface area contributed by atoms with Gasteiger partial charge < -0.3 is 4.74 Å². The zero-order valence-corrected chi connectivity index (χ0v) is 19.9. The molecule has 0 rings (SSSR count). The lowest BCUT2D eigenvalue weighted by atomic mass is 9.96. The van der Waals surface area contributed by atoms with Crippen LogP contribution < -0.4 is 0 Å². The number of carbonyl (C=O) groups is 1. The van der Waals surface area contributed by atoms with Crippen LogP contribution in [0, 0.1) is 11.8 Å². The van der Waals surface area contributed by atoms with Crippen LogP contribution in [0.25, 0.3) is 0 Å². The third-order valence-electron chi connectivity index (χ3n) is 5.85. The van der Waals surface area contributed by atoms with Crippen molar-refractivity contribution in [1.82, 2.24) is 0 Å². The molecule has 0 aromatic heterocycles. The molecule has 0 saturated heterocycles. The summed E-state index contributed by atoms with van der Waals surface area (Å²) >= 11 is 0. The van der Waals surface area contributed by atoms with Gasteiger partial charge in [-0.1, -0.05) is 124 Å². The monoisotopic (exact) mass is 396 g/mol. The third kappa shape index (κ3) is 20.2. The van der Waals surface area contributed by atoms with E-state index in [0.29, 0.717) is 24.9 Å². The molecule has 0 radical (unpaired) electrons. The van der Waals surface area contributed by atoms with Gasteiger partial charge in [-0.15, -0.1) is 0 Å². The predicted molar refractivity (Wildman–Crippen MR) is 124 cm³/mol. The van der Waals surface area contributed by atoms with Gasteiger partial charge >= 0.3 is 5.97 Å². The van der Waals surface area contributed by atoms with E-state index in [0.717, 1.165) is 19.3 Å². The molecule has 168 valence electrons. The van der Waals surface area contributed by atoms with Crippen LogP contribution in [0.15, 0.2) is 0 Å². The number of esters is 1. The molecular weight excluding hydrogens is 344 g/mol. The second kappa shape index (κ2) is 21.2. The Morgan fingerprint density at radius 1 is 0.679 bits per heavy atom. The van der Waals surface area contributed by atoms with Crippen molar-refractivity contribution in [3.05, 3.63) is 0 Å². The maximum absolute atomic E-state index is 11.9. The lowest BCUT2D eigenvalue weighted by Gasteiger charge is -2.17. The molecule has 2 nitrogen and oxygen atoms in total. The highest BCUT2D eigenvalue weighted by Crippen LogP contribution is 2.16. The molecule has 0 heterocycles. The van der Waals surface area contributed by atoms with Gasteiger partial charge in [-0.3, -0.25) is 4.79 Å². The quantitative estimate of drug-likeness (QED) is 0.143. The van der Waals surface area contributed by atoms with Gasteiger partial charge in [0.25, 0.3) is 0 Å². The number of hydrogen-bond donors (Lipinski definition) is 0. The zero-order valence-electron chi connectivity index (χ0n) is 19.9. The molecule has 0 aliphatic rings. The van der Waals surface area contributed by atoms with Crippen molar-refractivity contribution in [3.63, 3.8) is 0 Å². The summed E-state index contributed by atoms with van der Waals surface area (Å²) in [5, 5.41) is 0. The van der Waals surface area contributed by atoms with Crippen LogP contribution in [0.5, 0.6) is 0 Å². The first-order chi connectivity index (χ1) is 13.6. The van der Waals surface area contributed by atoms with E-state index in [1.165, 1.54) is 89.9 Å². The molecule has 0 aliphatic carbocycles. The normalized spacial score (nSPS) is 12.5. The molecule has 28 heavy (non-hydrogen) atoms. The maximum Gasteiger partial charge on any atom is 0.305 e. The molecule has 0 amide bonds. The first-order valence-electron chi connectivity index (χ1n) is 12.8. The topological polar surface area (TPSA) is 26.3 Å². The Hall–Kier alpha value is -0.530. The van der Waals surface area contributed by atoms with Crippen molar-refractivity contribution in [2.75, 3.05) is 6.61 Å². The van der Waals surface area contributed by atoms with Crippen molar-refractivity contribution < 1.29 is 9.53 Å². The molecule has 0 aromatic carbocycles. The minimum Gasteiger partial charge on any atom is -0.465 e. The highest BCUT2D eigenvalue weighted by atomic mass is 16.5. The van der Waals surface area contributed by atoms with Gasteiger partial charge in [0.1, 0.15) is 0 Å². The van der Waals surface area contributed by atoms with Gasteiger partial charge in [0.05, 0.1) is 6.61 Å². The first kappa shape index (κ1) is 27.5. The summed E-state index contributed by atoms with van der Waals surface area (Å²) in [6, 6.07) is 0. The van der Waals surface area contributed by atoms with E-state index in [4.69, 9.17) is 4.74 Å². The van der Waals surface area contributed by atoms with Gasteiger partial charge in [-0.2, -0.15) is 0 Å². The summed E-state index contributed by atoms with van der Waals surface area (Å²) in [5.41, 5.74) is 0. The Labute approximate surface area is 177 Å². The van der Waals surface area contributed by atoms with E-state index < -0.39 is 0 Å². The van der Waals surface area contributed by atoms with Gasteiger partial charge in [-0.05, 0) is 24.7 Å². The summed E-state index contributed by atoms with van der Waals surface area (Å²) in [6.45, 7) is 9.56. The predicted octanol–water partition coefficient (Wildman–Crippen LogP) is 8.86. The number of rotatable bonds is 21. The Bertz CT molecular complexity index is 324. The Kier molecular flexibility index (Phi) is 20.8. The largest absolute Gasteiger partial charge is 0.465 e. The third-order valence-corrected chi connectivity index (χ3v) is 5.85. The van der Waals surface area contributed by atoms with Crippen LogP contribution in [0.3, 0.4) is 0 Å². The summed E-state index contributed by atoms with van der Waals surface area (Å²) < 4.78 is 5.48. The molecular formula is C26H52O2. The van der Waals surface area contributed by atoms with E-state index in [1.807, 2.05) is 0 Å². The Morgan fingerprint density at radius 2 is 1.11 bits per heavy atom. The molecule has 2 heteroatoms. The van der Waals surface area contributed by atoms with E-state index in [-0.39, 0.29) is 5.97 Å². The van der Waals surface area contributed by atoms with Crippen LogP contribution in [-0.4, -0.2) is 12.6 Å². The minimum absolute atomic E-state index is 0.0110. The van der Waals surface area contributed by atoms with E-state index in [9.17, 15) is 4.79 Å². The standard InChI is InChI=1S/C26H52O2/c1-5-7-8-9-10-11-12-13-14-15-16-17-18-19-20-21-26(27)28-23-25(6-2)22-24(3)4/h24-25H,5-23H2,1-4H3/t25-/m0/s1. The Morgan fingerprint density at radius 3 is 1.50 bits per heavy atom. The molecule has 0 unspecified atom stereocenters. The second-order valence-electron chi connectivity index (χ2n) is 9.29. The van der Waals surface area contributed by atoms with Gasteiger partial charge in [0.15, 0.2) is 0 Å². The average Bonchev–Trinajstić information content (AvgIpc) is 2.67. The Balaban J connectivity index is 3.29. The van der Waals surface area contributed by atoms with E-state index in [2.05, 4.69) is 27.7 Å². The fourth-order valence-corrected chi connectivity index (χ4v) is 3.94. The lowest BCUT2D eigenvalue weighted by Crippen LogP contribution is -2.15. The van der Waals surface area contributed by atoms with Crippen LogP contribution in [0.2, 0.25) is 0 Å². The number of ether oxygens (including phenoxy) is 1. The van der Waals surface area contributed by atoms with Crippen molar-refractivity contribution in [2.24, 2.45) is 11.8 Å². The summed E-state index contributed by atoms with van der Waals surface area (Å²) in [7, 11) is 0. The molecule has 0 bridgehead atoms. The van der Waals surface area contributed by atoms with Crippen LogP contribution in [-0.2, 0) is 9.53 Å². The minimum atomic E-state index is 0.0110. The highest BCUT2D eigenvalue weighted by molar-refractivity contribution is 5.69. The number of unbranched alkanes of at least 4 members (excludes halogenated alkanes) is 14. The number of carbonyl (C=O) groups excluding carboxylic acids is 1.